The maximum absolute atomic E-state index is 10.9. The molecule has 0 aromatic heterocycles. The number of unbranched alkanes of at least 4 members (excludes halogenated alkanes) is 1. The van der Waals surface area contributed by atoms with E-state index in [2.05, 4.69) is 15.8 Å². The lowest BCUT2D eigenvalue weighted by atomic mass is 9.86. The molecule has 0 aliphatic rings. The lowest BCUT2D eigenvalue weighted by Crippen LogP contribution is -2.33. The quantitative estimate of drug-likeness (QED) is 0.162. The van der Waals surface area contributed by atoms with Gasteiger partial charge in [-0.15, -0.1) is 0 Å². The molecular weight excluding hydrogens is 220 g/mol. The van der Waals surface area contributed by atoms with Gasteiger partial charge in [-0.2, -0.15) is 0 Å². The van der Waals surface area contributed by atoms with E-state index in [4.69, 9.17) is 10.9 Å². The van der Waals surface area contributed by atoms with Gasteiger partial charge in [0.05, 0.1) is 6.54 Å². The van der Waals surface area contributed by atoms with Crippen LogP contribution in [-0.2, 0) is 4.79 Å². The summed E-state index contributed by atoms with van der Waals surface area (Å²) in [6, 6.07) is 0. The predicted octanol–water partition coefficient (Wildman–Crippen LogP) is 0.265. The monoisotopic (exact) mass is 244 g/mol. The van der Waals surface area contributed by atoms with Crippen LogP contribution in [0.25, 0.3) is 0 Å². The number of carbonyl (C=O) groups excluding carboxylic acids is 1. The molecule has 0 fully saturated rings. The van der Waals surface area contributed by atoms with Crippen molar-refractivity contribution in [2.24, 2.45) is 16.3 Å². The Labute approximate surface area is 103 Å². The zero-order chi connectivity index (χ0) is 13.3. The molecule has 0 rings (SSSR count). The second-order valence-corrected chi connectivity index (χ2v) is 4.68. The normalized spacial score (nSPS) is 12.5. The van der Waals surface area contributed by atoms with Gasteiger partial charge in [0.25, 0.3) is 0 Å². The van der Waals surface area contributed by atoms with Crippen LogP contribution in [0.15, 0.2) is 5.16 Å². The highest BCUT2D eigenvalue weighted by atomic mass is 16.4. The van der Waals surface area contributed by atoms with Crippen LogP contribution in [0.1, 0.15) is 33.1 Å². The van der Waals surface area contributed by atoms with Crippen molar-refractivity contribution in [3.05, 3.63) is 0 Å². The van der Waals surface area contributed by atoms with Gasteiger partial charge in [-0.1, -0.05) is 25.4 Å². The molecule has 100 valence electrons. The molecule has 5 N–H and O–H groups in total. The largest absolute Gasteiger partial charge is 0.409 e. The van der Waals surface area contributed by atoms with Gasteiger partial charge in [-0.25, -0.2) is 0 Å². The predicted molar refractivity (Wildman–Crippen MR) is 68.0 cm³/mol. The summed E-state index contributed by atoms with van der Waals surface area (Å²) in [7, 11) is 1.61. The topological polar surface area (TPSA) is 99.7 Å². The highest BCUT2D eigenvalue weighted by molar-refractivity contribution is 5.85. The zero-order valence-corrected chi connectivity index (χ0v) is 10.9. The summed E-state index contributed by atoms with van der Waals surface area (Å²) in [5.41, 5.74) is 5.30. The van der Waals surface area contributed by atoms with Crippen LogP contribution in [0.3, 0.4) is 0 Å². The van der Waals surface area contributed by atoms with Crippen LogP contribution in [0, 0.1) is 5.41 Å². The van der Waals surface area contributed by atoms with E-state index < -0.39 is 0 Å². The number of carbonyl (C=O) groups is 1. The third kappa shape index (κ3) is 6.78. The first-order valence-corrected chi connectivity index (χ1v) is 5.83. The molecule has 0 aliphatic heterocycles. The smallest absolute Gasteiger partial charge is 0.233 e. The van der Waals surface area contributed by atoms with Crippen LogP contribution in [-0.4, -0.2) is 37.1 Å². The van der Waals surface area contributed by atoms with E-state index in [-0.39, 0.29) is 17.2 Å². The highest BCUT2D eigenvalue weighted by Gasteiger charge is 2.22. The fourth-order valence-electron chi connectivity index (χ4n) is 1.37. The van der Waals surface area contributed by atoms with Gasteiger partial charge in [0.1, 0.15) is 5.84 Å². The molecule has 0 saturated heterocycles. The van der Waals surface area contributed by atoms with E-state index in [9.17, 15) is 4.79 Å². The molecule has 0 saturated carbocycles. The van der Waals surface area contributed by atoms with E-state index in [0.29, 0.717) is 6.54 Å². The number of nitrogens with zero attached hydrogens (tertiary/aromatic N) is 1. The first kappa shape index (κ1) is 15.7. The summed E-state index contributed by atoms with van der Waals surface area (Å²) < 4.78 is 0. The first-order chi connectivity index (χ1) is 7.94. The van der Waals surface area contributed by atoms with Gasteiger partial charge in [0, 0.05) is 12.5 Å². The third-order valence-electron chi connectivity index (χ3n) is 2.77. The van der Waals surface area contributed by atoms with Gasteiger partial charge >= 0.3 is 0 Å². The molecule has 0 unspecified atom stereocenters. The standard InChI is InChI=1S/C11H24N4O2/c1-11(2,10(12)15-17)6-4-5-7-14-8-9(16)13-3/h14,17H,4-8H2,1-3H3,(H2,12,15)(H,13,16). The summed E-state index contributed by atoms with van der Waals surface area (Å²) in [6.45, 7) is 5.03. The maximum Gasteiger partial charge on any atom is 0.233 e. The van der Waals surface area contributed by atoms with Crippen LogP contribution in [0.2, 0.25) is 0 Å². The van der Waals surface area contributed by atoms with Crippen LogP contribution in [0.4, 0.5) is 0 Å². The number of nitrogens with two attached hydrogens (primary N) is 1. The van der Waals surface area contributed by atoms with Gasteiger partial charge in [-0.3, -0.25) is 4.79 Å². The summed E-state index contributed by atoms with van der Waals surface area (Å²) in [4.78, 5) is 10.9. The minimum absolute atomic E-state index is 0.0120. The van der Waals surface area contributed by atoms with Crippen molar-refractivity contribution >= 4 is 11.7 Å². The SMILES string of the molecule is CNC(=O)CNCCCCC(C)(C)C(N)=NO. The second-order valence-electron chi connectivity index (χ2n) is 4.68. The Balaban J connectivity index is 3.61. The first-order valence-electron chi connectivity index (χ1n) is 5.83. The van der Waals surface area contributed by atoms with Gasteiger partial charge in [0.2, 0.25) is 5.91 Å². The van der Waals surface area contributed by atoms with E-state index in [1.807, 2.05) is 13.8 Å². The Kier molecular flexibility index (Phi) is 7.29. The molecule has 1 amide bonds. The zero-order valence-electron chi connectivity index (χ0n) is 10.9. The Morgan fingerprint density at radius 3 is 2.59 bits per heavy atom. The molecular formula is C11H24N4O2. The number of hydrogen-bond acceptors (Lipinski definition) is 4. The van der Waals surface area contributed by atoms with Crippen molar-refractivity contribution in [3.63, 3.8) is 0 Å². The molecule has 0 radical (unpaired) electrons. The third-order valence-corrected chi connectivity index (χ3v) is 2.77. The lowest BCUT2D eigenvalue weighted by Gasteiger charge is -2.22. The molecule has 0 aliphatic carbocycles. The molecule has 0 bridgehead atoms. The Morgan fingerprint density at radius 1 is 1.41 bits per heavy atom. The molecule has 0 heterocycles. The fourth-order valence-corrected chi connectivity index (χ4v) is 1.37. The van der Waals surface area contributed by atoms with Crippen molar-refractivity contribution in [1.29, 1.82) is 0 Å². The van der Waals surface area contributed by atoms with Gasteiger partial charge in [0.15, 0.2) is 0 Å². The number of likely N-dealkylation sites (N-methyl/N-ethyl adjacent to an activating group) is 1. The molecule has 0 aromatic rings. The molecule has 0 aromatic carbocycles. The van der Waals surface area contributed by atoms with E-state index in [0.717, 1.165) is 25.8 Å². The number of rotatable bonds is 8. The van der Waals surface area contributed by atoms with E-state index >= 15 is 0 Å². The minimum atomic E-state index is -0.282. The van der Waals surface area contributed by atoms with Crippen molar-refractivity contribution in [3.8, 4) is 0 Å². The summed E-state index contributed by atoms with van der Waals surface area (Å²) in [5.74, 6) is 0.248. The summed E-state index contributed by atoms with van der Waals surface area (Å²) >= 11 is 0. The number of amides is 1. The van der Waals surface area contributed by atoms with E-state index in [1.165, 1.54) is 0 Å². The number of amidine groups is 1. The second kappa shape index (κ2) is 7.89. The number of oxime groups is 1. The Bertz CT molecular complexity index is 264. The van der Waals surface area contributed by atoms with Crippen molar-refractivity contribution in [1.82, 2.24) is 10.6 Å². The molecule has 6 heteroatoms. The molecule has 0 spiro atoms. The van der Waals surface area contributed by atoms with Gasteiger partial charge in [-0.05, 0) is 19.4 Å². The average Bonchev–Trinajstić information content (AvgIpc) is 2.31. The number of hydrogen-bond donors (Lipinski definition) is 4. The maximum atomic E-state index is 10.9. The van der Waals surface area contributed by atoms with Gasteiger partial charge < -0.3 is 21.6 Å². The van der Waals surface area contributed by atoms with Crippen LogP contribution < -0.4 is 16.4 Å². The highest BCUT2D eigenvalue weighted by Crippen LogP contribution is 2.22. The number of nitrogens with one attached hydrogen (secondary N) is 2. The Morgan fingerprint density at radius 2 is 2.06 bits per heavy atom. The summed E-state index contributed by atoms with van der Waals surface area (Å²) in [6.07, 6.45) is 2.77. The minimum Gasteiger partial charge on any atom is -0.409 e. The fraction of sp³-hybridized carbons (Fsp3) is 0.818. The molecule has 0 atom stereocenters. The van der Waals surface area contributed by atoms with Crippen LogP contribution in [0.5, 0.6) is 0 Å². The average molecular weight is 244 g/mol. The summed E-state index contributed by atoms with van der Waals surface area (Å²) in [5, 5.41) is 17.2. The van der Waals surface area contributed by atoms with E-state index in [1.54, 1.807) is 7.05 Å². The molecule has 6 nitrogen and oxygen atoms in total. The van der Waals surface area contributed by atoms with Crippen molar-refractivity contribution in [2.75, 3.05) is 20.1 Å². The molecule has 17 heavy (non-hydrogen) atoms. The van der Waals surface area contributed by atoms with Crippen molar-refractivity contribution < 1.29 is 10.0 Å². The lowest BCUT2D eigenvalue weighted by molar-refractivity contribution is -0.119. The van der Waals surface area contributed by atoms with Crippen molar-refractivity contribution in [2.45, 2.75) is 33.1 Å². The Hall–Kier alpha value is -1.30. The van der Waals surface area contributed by atoms with Crippen LogP contribution >= 0.6 is 0 Å².